The normalized spacial score (nSPS) is 8.89. The average molecular weight is 258 g/mol. The highest BCUT2D eigenvalue weighted by molar-refractivity contribution is 5.90. The summed E-state index contributed by atoms with van der Waals surface area (Å²) in [7, 11) is 0. The molecule has 0 fully saturated rings. The van der Waals surface area contributed by atoms with E-state index >= 15 is 0 Å². The third kappa shape index (κ3) is 5.04. The second-order valence-corrected chi connectivity index (χ2v) is 3.67. The molecule has 0 atom stereocenters. The molecule has 0 aliphatic heterocycles. The molecular formula is C15H14O4. The van der Waals surface area contributed by atoms with Crippen LogP contribution in [0.1, 0.15) is 15.9 Å². The van der Waals surface area contributed by atoms with Gasteiger partial charge in [0, 0.05) is 0 Å². The maximum atomic E-state index is 11.7. The third-order valence-corrected chi connectivity index (χ3v) is 2.24. The van der Waals surface area contributed by atoms with Crippen LogP contribution >= 0.6 is 0 Å². The van der Waals surface area contributed by atoms with Crippen molar-refractivity contribution in [3.63, 3.8) is 0 Å². The van der Waals surface area contributed by atoms with E-state index in [2.05, 4.69) is 0 Å². The van der Waals surface area contributed by atoms with Crippen LogP contribution in [0.4, 0.5) is 0 Å². The van der Waals surface area contributed by atoms with Crippen LogP contribution in [0.25, 0.3) is 0 Å². The van der Waals surface area contributed by atoms with E-state index in [4.69, 9.17) is 14.6 Å². The second-order valence-electron chi connectivity index (χ2n) is 3.67. The fourth-order valence-electron chi connectivity index (χ4n) is 1.35. The van der Waals surface area contributed by atoms with E-state index < -0.39 is 0 Å². The SMILES string of the molecule is Cc1ccc(OC(=O)c2ccccc2)cc1.O=CO. The van der Waals surface area contributed by atoms with Crippen molar-refractivity contribution in [3.8, 4) is 5.75 Å². The minimum absolute atomic E-state index is 0.250. The molecule has 1 N–H and O–H groups in total. The number of hydrogen-bond donors (Lipinski definition) is 1. The Labute approximate surface area is 111 Å². The molecule has 0 unspecified atom stereocenters. The molecule has 19 heavy (non-hydrogen) atoms. The molecule has 0 aliphatic rings. The van der Waals surface area contributed by atoms with Gasteiger partial charge in [0.15, 0.2) is 0 Å². The van der Waals surface area contributed by atoms with Crippen LogP contribution < -0.4 is 4.74 Å². The van der Waals surface area contributed by atoms with Crippen LogP contribution in [-0.2, 0) is 4.79 Å². The summed E-state index contributed by atoms with van der Waals surface area (Å²) in [4.78, 5) is 20.0. The van der Waals surface area contributed by atoms with E-state index in [0.29, 0.717) is 11.3 Å². The van der Waals surface area contributed by atoms with Gasteiger partial charge in [0.1, 0.15) is 5.75 Å². The number of rotatable bonds is 2. The molecule has 2 rings (SSSR count). The van der Waals surface area contributed by atoms with Crippen LogP contribution in [0.15, 0.2) is 54.6 Å². The topological polar surface area (TPSA) is 63.6 Å². The number of aryl methyl sites for hydroxylation is 1. The number of hydrogen-bond acceptors (Lipinski definition) is 3. The van der Waals surface area contributed by atoms with Crippen LogP contribution in [0.2, 0.25) is 0 Å². The fourth-order valence-corrected chi connectivity index (χ4v) is 1.35. The second kappa shape index (κ2) is 7.66. The van der Waals surface area contributed by atoms with Crippen LogP contribution in [-0.4, -0.2) is 17.5 Å². The van der Waals surface area contributed by atoms with Crippen molar-refractivity contribution in [1.82, 2.24) is 0 Å². The molecule has 4 nitrogen and oxygen atoms in total. The zero-order chi connectivity index (χ0) is 14.1. The van der Waals surface area contributed by atoms with E-state index in [0.717, 1.165) is 5.56 Å². The van der Waals surface area contributed by atoms with Gasteiger partial charge in [-0.05, 0) is 31.2 Å². The maximum absolute atomic E-state index is 11.7. The minimum Gasteiger partial charge on any atom is -0.483 e. The van der Waals surface area contributed by atoms with E-state index in [-0.39, 0.29) is 12.4 Å². The highest BCUT2D eigenvalue weighted by atomic mass is 16.5. The number of carbonyl (C=O) groups excluding carboxylic acids is 1. The molecule has 0 aliphatic carbocycles. The summed E-state index contributed by atoms with van der Waals surface area (Å²) < 4.78 is 5.22. The number of carbonyl (C=O) groups is 2. The molecule has 2 aromatic carbocycles. The first-order valence-corrected chi connectivity index (χ1v) is 5.59. The van der Waals surface area contributed by atoms with E-state index in [9.17, 15) is 4.79 Å². The van der Waals surface area contributed by atoms with Gasteiger partial charge in [0.05, 0.1) is 5.56 Å². The van der Waals surface area contributed by atoms with Crippen molar-refractivity contribution in [2.24, 2.45) is 0 Å². The summed E-state index contributed by atoms with van der Waals surface area (Å²) in [5.74, 6) is 0.240. The zero-order valence-corrected chi connectivity index (χ0v) is 10.4. The third-order valence-electron chi connectivity index (χ3n) is 2.24. The predicted molar refractivity (Wildman–Crippen MR) is 71.3 cm³/mol. The largest absolute Gasteiger partial charge is 0.483 e. The minimum atomic E-state index is -0.329. The molecule has 0 aromatic heterocycles. The van der Waals surface area contributed by atoms with Gasteiger partial charge in [0.2, 0.25) is 0 Å². The zero-order valence-electron chi connectivity index (χ0n) is 10.4. The quantitative estimate of drug-likeness (QED) is 0.511. The summed E-state index contributed by atoms with van der Waals surface area (Å²) in [6.07, 6.45) is 0. The number of benzene rings is 2. The van der Waals surface area contributed by atoms with Gasteiger partial charge in [-0.15, -0.1) is 0 Å². The lowest BCUT2D eigenvalue weighted by atomic mass is 10.2. The van der Waals surface area contributed by atoms with Crippen molar-refractivity contribution in [1.29, 1.82) is 0 Å². The number of esters is 1. The summed E-state index contributed by atoms with van der Waals surface area (Å²) in [5.41, 5.74) is 1.70. The van der Waals surface area contributed by atoms with Gasteiger partial charge >= 0.3 is 5.97 Å². The Hall–Kier alpha value is -2.62. The molecular weight excluding hydrogens is 244 g/mol. The van der Waals surface area contributed by atoms with Crippen molar-refractivity contribution in [3.05, 3.63) is 65.7 Å². The van der Waals surface area contributed by atoms with Crippen molar-refractivity contribution in [2.45, 2.75) is 6.92 Å². The monoisotopic (exact) mass is 258 g/mol. The molecule has 0 heterocycles. The van der Waals surface area contributed by atoms with Gasteiger partial charge < -0.3 is 9.84 Å². The highest BCUT2D eigenvalue weighted by Crippen LogP contribution is 2.13. The van der Waals surface area contributed by atoms with Crippen LogP contribution in [0.3, 0.4) is 0 Å². The lowest BCUT2D eigenvalue weighted by molar-refractivity contribution is -0.122. The Balaban J connectivity index is 0.000000550. The van der Waals surface area contributed by atoms with Gasteiger partial charge in [-0.1, -0.05) is 35.9 Å². The Morgan fingerprint density at radius 3 is 2.11 bits per heavy atom. The van der Waals surface area contributed by atoms with Gasteiger partial charge in [0.25, 0.3) is 6.47 Å². The predicted octanol–water partition coefficient (Wildman–Crippen LogP) is 2.92. The smallest absolute Gasteiger partial charge is 0.343 e. The molecule has 0 amide bonds. The molecule has 0 spiro atoms. The fraction of sp³-hybridized carbons (Fsp3) is 0.0667. The molecule has 0 bridgehead atoms. The first-order chi connectivity index (χ1) is 9.17. The van der Waals surface area contributed by atoms with Gasteiger partial charge in [-0.25, -0.2) is 4.79 Å². The lowest BCUT2D eigenvalue weighted by Crippen LogP contribution is -2.07. The first-order valence-electron chi connectivity index (χ1n) is 5.59. The Morgan fingerprint density at radius 2 is 1.58 bits per heavy atom. The van der Waals surface area contributed by atoms with Crippen LogP contribution in [0.5, 0.6) is 5.75 Å². The van der Waals surface area contributed by atoms with Crippen molar-refractivity contribution in [2.75, 3.05) is 0 Å². The molecule has 2 aromatic rings. The summed E-state index contributed by atoms with van der Waals surface area (Å²) in [6, 6.07) is 16.3. The van der Waals surface area contributed by atoms with Crippen molar-refractivity contribution >= 4 is 12.4 Å². The number of carboxylic acid groups (broad SMARTS) is 1. The summed E-state index contributed by atoms with van der Waals surface area (Å²) in [6.45, 7) is 1.74. The Morgan fingerprint density at radius 1 is 1.05 bits per heavy atom. The molecule has 98 valence electrons. The Kier molecular flexibility index (Phi) is 5.82. The van der Waals surface area contributed by atoms with Gasteiger partial charge in [-0.3, -0.25) is 4.79 Å². The van der Waals surface area contributed by atoms with E-state index in [1.165, 1.54) is 0 Å². The Bertz CT molecular complexity index is 518. The standard InChI is InChI=1S/C14H12O2.CH2O2/c1-11-7-9-13(10-8-11)16-14(15)12-5-3-2-4-6-12;2-1-3/h2-10H,1H3;1H,(H,2,3). The van der Waals surface area contributed by atoms with Crippen molar-refractivity contribution < 1.29 is 19.4 Å². The summed E-state index contributed by atoms with van der Waals surface area (Å²) >= 11 is 0. The molecule has 4 heteroatoms. The van der Waals surface area contributed by atoms with E-state index in [1.807, 2.05) is 37.3 Å². The summed E-state index contributed by atoms with van der Waals surface area (Å²) in [5, 5.41) is 6.89. The number of ether oxygens (including phenoxy) is 1. The lowest BCUT2D eigenvalue weighted by Gasteiger charge is -2.04. The average Bonchev–Trinajstić information content (AvgIpc) is 2.43. The highest BCUT2D eigenvalue weighted by Gasteiger charge is 2.06. The molecule has 0 radical (unpaired) electrons. The first kappa shape index (κ1) is 14.4. The van der Waals surface area contributed by atoms with Crippen LogP contribution in [0, 0.1) is 6.92 Å². The van der Waals surface area contributed by atoms with E-state index in [1.54, 1.807) is 24.3 Å². The molecule has 0 saturated carbocycles. The molecule has 0 saturated heterocycles. The van der Waals surface area contributed by atoms with Gasteiger partial charge in [-0.2, -0.15) is 0 Å². The maximum Gasteiger partial charge on any atom is 0.343 e.